The number of amides is 2. The Morgan fingerprint density at radius 3 is 2.46 bits per heavy atom. The molecule has 35 heavy (non-hydrogen) atoms. The van der Waals surface area contributed by atoms with Gasteiger partial charge in [0.15, 0.2) is 5.78 Å². The predicted octanol–water partition coefficient (Wildman–Crippen LogP) is 5.79. The van der Waals surface area contributed by atoms with Gasteiger partial charge in [-0.3, -0.25) is 29.4 Å². The number of hydrogen-bond acceptors (Lipinski definition) is 7. The van der Waals surface area contributed by atoms with Crippen LogP contribution in [0.1, 0.15) is 21.7 Å². The summed E-state index contributed by atoms with van der Waals surface area (Å²) in [6.45, 7) is -0.562. The summed E-state index contributed by atoms with van der Waals surface area (Å²) in [5.41, 5.74) is -0.776. The molecule has 0 atom stereocenters. The van der Waals surface area contributed by atoms with Crippen molar-refractivity contribution in [2.45, 2.75) is 6.18 Å². The first-order valence-corrected chi connectivity index (χ1v) is 10.6. The van der Waals surface area contributed by atoms with Crippen LogP contribution in [0.3, 0.4) is 0 Å². The Balaban J connectivity index is 1.49. The Morgan fingerprint density at radius 2 is 1.80 bits per heavy atom. The van der Waals surface area contributed by atoms with Crippen molar-refractivity contribution in [3.05, 3.63) is 92.6 Å². The molecule has 8 nitrogen and oxygen atoms in total. The first kappa shape index (κ1) is 24.0. The van der Waals surface area contributed by atoms with Crippen molar-refractivity contribution in [3.63, 3.8) is 0 Å². The average Bonchev–Trinajstić information content (AvgIpc) is 3.39. The van der Waals surface area contributed by atoms with Crippen LogP contribution in [0.25, 0.3) is 17.4 Å². The maximum Gasteiger partial charge on any atom is 0.416 e. The number of nitro groups is 1. The lowest BCUT2D eigenvalue weighted by Crippen LogP contribution is -2.33. The molecule has 1 aromatic heterocycles. The third kappa shape index (κ3) is 5.17. The van der Waals surface area contributed by atoms with E-state index >= 15 is 0 Å². The van der Waals surface area contributed by atoms with Crippen molar-refractivity contribution in [1.29, 1.82) is 0 Å². The van der Waals surface area contributed by atoms with Gasteiger partial charge in [0, 0.05) is 29.3 Å². The number of hydrogen-bond donors (Lipinski definition) is 0. The molecule has 0 unspecified atom stereocenters. The molecule has 0 saturated carbocycles. The summed E-state index contributed by atoms with van der Waals surface area (Å²) in [5, 5.41) is 10.0. The van der Waals surface area contributed by atoms with Gasteiger partial charge in [-0.05, 0) is 48.2 Å². The minimum Gasteiger partial charge on any atom is -0.457 e. The van der Waals surface area contributed by atoms with E-state index in [1.807, 2.05) is 0 Å². The number of ketones is 1. The lowest BCUT2D eigenvalue weighted by molar-refractivity contribution is -0.384. The number of halogens is 3. The summed E-state index contributed by atoms with van der Waals surface area (Å²) >= 11 is 0.579. The van der Waals surface area contributed by atoms with Gasteiger partial charge in [-0.2, -0.15) is 13.2 Å². The SMILES string of the molecule is O=C(CN1C(=O)S/C(=C/c2ccc(-c3cccc(C(F)(F)F)c3)o2)C1=O)c1ccc([N+](=O)[O-])cc1. The molecule has 0 radical (unpaired) electrons. The van der Waals surface area contributed by atoms with Gasteiger partial charge in [0.05, 0.1) is 21.9 Å². The molecule has 178 valence electrons. The van der Waals surface area contributed by atoms with Crippen LogP contribution in [0, 0.1) is 10.1 Å². The number of furan rings is 1. The predicted molar refractivity (Wildman–Crippen MR) is 119 cm³/mol. The molecule has 4 rings (SSSR count). The van der Waals surface area contributed by atoms with Gasteiger partial charge in [-0.1, -0.05) is 12.1 Å². The molecule has 12 heteroatoms. The van der Waals surface area contributed by atoms with Crippen molar-refractivity contribution in [2.24, 2.45) is 0 Å². The fraction of sp³-hybridized carbons (Fsp3) is 0.0870. The van der Waals surface area contributed by atoms with Crippen LogP contribution in [0.15, 0.2) is 70.0 Å². The zero-order chi connectivity index (χ0) is 25.3. The van der Waals surface area contributed by atoms with Crippen molar-refractivity contribution >= 4 is 40.5 Å². The summed E-state index contributed by atoms with van der Waals surface area (Å²) < 4.78 is 44.4. The molecular weight excluding hydrogens is 489 g/mol. The Morgan fingerprint density at radius 1 is 1.09 bits per heavy atom. The number of benzene rings is 2. The van der Waals surface area contributed by atoms with Crippen LogP contribution in [0.2, 0.25) is 0 Å². The van der Waals surface area contributed by atoms with Gasteiger partial charge in [0.2, 0.25) is 0 Å². The van der Waals surface area contributed by atoms with E-state index < -0.39 is 40.1 Å². The monoisotopic (exact) mass is 502 g/mol. The number of imide groups is 1. The van der Waals surface area contributed by atoms with Gasteiger partial charge in [0.25, 0.3) is 16.8 Å². The Kier molecular flexibility index (Phi) is 6.31. The quantitative estimate of drug-likeness (QED) is 0.181. The van der Waals surface area contributed by atoms with Gasteiger partial charge in [-0.25, -0.2) is 0 Å². The second-order valence-electron chi connectivity index (χ2n) is 7.28. The topological polar surface area (TPSA) is 111 Å². The van der Waals surface area contributed by atoms with Gasteiger partial charge < -0.3 is 4.42 Å². The number of non-ortho nitro benzene ring substituents is 1. The molecule has 0 spiro atoms. The second kappa shape index (κ2) is 9.22. The highest BCUT2D eigenvalue weighted by atomic mass is 32.2. The number of Topliss-reactive ketones (excluding diaryl/α,β-unsaturated/α-hetero) is 1. The first-order chi connectivity index (χ1) is 16.5. The van der Waals surface area contributed by atoms with Crippen molar-refractivity contribution in [3.8, 4) is 11.3 Å². The van der Waals surface area contributed by atoms with E-state index in [1.165, 1.54) is 42.5 Å². The van der Waals surface area contributed by atoms with Gasteiger partial charge >= 0.3 is 6.18 Å². The molecule has 0 bridgehead atoms. The number of carbonyl (C=O) groups is 3. The lowest BCUT2D eigenvalue weighted by atomic mass is 10.1. The number of nitrogens with zero attached hydrogens (tertiary/aromatic N) is 2. The molecule has 2 heterocycles. The Hall–Kier alpha value is -4.19. The fourth-order valence-electron chi connectivity index (χ4n) is 3.20. The molecule has 1 saturated heterocycles. The number of nitro benzene ring substituents is 1. The van der Waals surface area contributed by atoms with Crippen LogP contribution >= 0.6 is 11.8 Å². The molecule has 2 aromatic carbocycles. The van der Waals surface area contributed by atoms with Crippen molar-refractivity contribution in [1.82, 2.24) is 4.90 Å². The van der Waals surface area contributed by atoms with Crippen LogP contribution in [-0.4, -0.2) is 33.3 Å². The van der Waals surface area contributed by atoms with E-state index in [9.17, 15) is 37.7 Å². The zero-order valence-electron chi connectivity index (χ0n) is 17.4. The first-order valence-electron chi connectivity index (χ1n) is 9.83. The molecule has 0 N–H and O–H groups in total. The normalized spacial score (nSPS) is 15.2. The van der Waals surface area contributed by atoms with E-state index in [0.717, 1.165) is 29.2 Å². The van der Waals surface area contributed by atoms with E-state index in [1.54, 1.807) is 0 Å². The minimum absolute atomic E-state index is 0.0311. The molecule has 3 aromatic rings. The highest BCUT2D eigenvalue weighted by molar-refractivity contribution is 8.18. The van der Waals surface area contributed by atoms with E-state index in [4.69, 9.17) is 4.42 Å². The molecule has 1 aliphatic rings. The van der Waals surface area contributed by atoms with Crippen LogP contribution in [0.5, 0.6) is 0 Å². The third-order valence-corrected chi connectivity index (χ3v) is 5.86. The minimum atomic E-state index is -4.52. The number of carbonyl (C=O) groups excluding carboxylic acids is 3. The van der Waals surface area contributed by atoms with Crippen molar-refractivity contribution < 1.29 is 36.9 Å². The maximum atomic E-state index is 13.0. The number of thioether (sulfide) groups is 1. The summed E-state index contributed by atoms with van der Waals surface area (Å²) in [6, 6.07) is 12.2. The average molecular weight is 502 g/mol. The molecule has 2 amide bonds. The molecular formula is C23H13F3N2O6S. The standard InChI is InChI=1S/C23H13F3N2O6S/c24-23(25,26)15-3-1-2-14(10-15)19-9-8-17(34-19)11-20-21(30)27(22(31)35-20)12-18(29)13-4-6-16(7-5-13)28(32)33/h1-11H,12H2/b20-11+. The van der Waals surface area contributed by atoms with E-state index in [-0.39, 0.29) is 33.2 Å². The Labute approximate surface area is 199 Å². The lowest BCUT2D eigenvalue weighted by Gasteiger charge is -2.11. The van der Waals surface area contributed by atoms with Crippen LogP contribution < -0.4 is 0 Å². The summed E-state index contributed by atoms with van der Waals surface area (Å²) in [4.78, 5) is 48.2. The van der Waals surface area contributed by atoms with Gasteiger partial charge in [0.1, 0.15) is 11.5 Å². The highest BCUT2D eigenvalue weighted by Gasteiger charge is 2.37. The summed E-state index contributed by atoms with van der Waals surface area (Å²) in [5.74, 6) is -1.07. The summed E-state index contributed by atoms with van der Waals surface area (Å²) in [7, 11) is 0. The van der Waals surface area contributed by atoms with Crippen molar-refractivity contribution in [2.75, 3.05) is 6.54 Å². The second-order valence-corrected chi connectivity index (χ2v) is 8.27. The summed E-state index contributed by atoms with van der Waals surface area (Å²) in [6.07, 6.45) is -3.26. The number of alkyl halides is 3. The van der Waals surface area contributed by atoms with Crippen LogP contribution in [-0.2, 0) is 11.0 Å². The molecule has 1 fully saturated rings. The maximum absolute atomic E-state index is 13.0. The third-order valence-electron chi connectivity index (χ3n) is 4.95. The highest BCUT2D eigenvalue weighted by Crippen LogP contribution is 2.35. The van der Waals surface area contributed by atoms with E-state index in [2.05, 4.69) is 0 Å². The smallest absolute Gasteiger partial charge is 0.416 e. The van der Waals surface area contributed by atoms with Gasteiger partial charge in [-0.15, -0.1) is 0 Å². The van der Waals surface area contributed by atoms with Crippen LogP contribution in [0.4, 0.5) is 23.7 Å². The Bertz CT molecular complexity index is 1380. The molecule has 0 aliphatic carbocycles. The fourth-order valence-corrected chi connectivity index (χ4v) is 4.02. The zero-order valence-corrected chi connectivity index (χ0v) is 18.3. The largest absolute Gasteiger partial charge is 0.457 e. The van der Waals surface area contributed by atoms with E-state index in [0.29, 0.717) is 11.8 Å². The molecule has 1 aliphatic heterocycles. The number of rotatable bonds is 6.